The quantitative estimate of drug-likeness (QED) is 0.403. The number of benzene rings is 1. The summed E-state index contributed by atoms with van der Waals surface area (Å²) >= 11 is 0. The number of ketones is 1. The number of hydrogen-bond donors (Lipinski definition) is 1. The third kappa shape index (κ3) is 8.81. The number of nitrogens with one attached hydrogen (secondary N) is 1. The highest BCUT2D eigenvalue weighted by molar-refractivity contribution is 5.89. The van der Waals surface area contributed by atoms with Crippen molar-refractivity contribution in [1.82, 2.24) is 5.32 Å². The number of rotatable bonds is 9. The van der Waals surface area contributed by atoms with Crippen LogP contribution in [0.15, 0.2) is 30.3 Å². The van der Waals surface area contributed by atoms with Gasteiger partial charge in [-0.05, 0) is 26.3 Å². The monoisotopic (exact) mass is 365 g/mol. The van der Waals surface area contributed by atoms with Crippen LogP contribution in [0, 0.1) is 0 Å². The highest BCUT2D eigenvalue weighted by Crippen LogP contribution is 2.09. The van der Waals surface area contributed by atoms with Gasteiger partial charge in [0.2, 0.25) is 0 Å². The Balaban J connectivity index is 2.71. The van der Waals surface area contributed by atoms with Gasteiger partial charge in [-0.2, -0.15) is 0 Å². The second-order valence-corrected chi connectivity index (χ2v) is 6.44. The normalized spacial score (nSPS) is 11.8. The van der Waals surface area contributed by atoms with Crippen LogP contribution in [0.2, 0.25) is 0 Å². The van der Waals surface area contributed by atoms with Crippen molar-refractivity contribution < 1.29 is 33.4 Å². The summed E-state index contributed by atoms with van der Waals surface area (Å²) in [6.07, 6.45) is -1.25. The van der Waals surface area contributed by atoms with Gasteiger partial charge in [-0.1, -0.05) is 30.3 Å². The van der Waals surface area contributed by atoms with E-state index in [0.717, 1.165) is 5.56 Å². The molecule has 0 unspecified atom stereocenters. The number of ether oxygens (including phenoxy) is 3. The molecule has 0 spiro atoms. The molecule has 0 radical (unpaired) electrons. The van der Waals surface area contributed by atoms with Gasteiger partial charge in [0.1, 0.15) is 24.9 Å². The zero-order chi connectivity index (χ0) is 19.6. The fourth-order valence-corrected chi connectivity index (χ4v) is 1.89. The van der Waals surface area contributed by atoms with E-state index in [1.54, 1.807) is 45.0 Å². The van der Waals surface area contributed by atoms with Crippen LogP contribution in [0.4, 0.5) is 4.79 Å². The van der Waals surface area contributed by atoms with Gasteiger partial charge in [-0.3, -0.25) is 9.59 Å². The number of carbonyl (C=O) groups excluding carboxylic acids is 4. The molecule has 0 aromatic heterocycles. The van der Waals surface area contributed by atoms with Crippen molar-refractivity contribution in [2.75, 3.05) is 6.61 Å². The molecule has 1 atom stereocenters. The molecule has 1 aromatic rings. The lowest BCUT2D eigenvalue weighted by atomic mass is 10.1. The molecule has 8 nitrogen and oxygen atoms in total. The SMILES string of the molecule is CC(C)(C)OC(=O)N[C@@H](CC(=O)COC=O)C(=O)OCc1ccccc1. The first-order chi connectivity index (χ1) is 12.2. The first-order valence-corrected chi connectivity index (χ1v) is 7.98. The van der Waals surface area contributed by atoms with Crippen molar-refractivity contribution in [3.63, 3.8) is 0 Å². The molecule has 0 bridgehead atoms. The molecule has 0 aliphatic carbocycles. The van der Waals surface area contributed by atoms with Crippen LogP contribution in [0.3, 0.4) is 0 Å². The van der Waals surface area contributed by atoms with E-state index in [1.807, 2.05) is 6.07 Å². The van der Waals surface area contributed by atoms with Gasteiger partial charge < -0.3 is 19.5 Å². The number of Topliss-reactive ketones (excluding diaryl/α,β-unsaturated/α-hetero) is 1. The fraction of sp³-hybridized carbons (Fsp3) is 0.444. The molecule has 0 saturated carbocycles. The summed E-state index contributed by atoms with van der Waals surface area (Å²) in [5.41, 5.74) is -0.0137. The van der Waals surface area contributed by atoms with Gasteiger partial charge in [0.25, 0.3) is 6.47 Å². The lowest BCUT2D eigenvalue weighted by Crippen LogP contribution is -2.45. The van der Waals surface area contributed by atoms with E-state index < -0.39 is 36.1 Å². The zero-order valence-electron chi connectivity index (χ0n) is 15.0. The summed E-state index contributed by atoms with van der Waals surface area (Å²) in [5.74, 6) is -1.34. The van der Waals surface area contributed by atoms with E-state index >= 15 is 0 Å². The summed E-state index contributed by atoms with van der Waals surface area (Å²) in [6.45, 7) is 4.62. The molecule has 0 heterocycles. The Morgan fingerprint density at radius 2 is 1.81 bits per heavy atom. The average molecular weight is 365 g/mol. The van der Waals surface area contributed by atoms with Crippen molar-refractivity contribution >= 4 is 24.3 Å². The maximum Gasteiger partial charge on any atom is 0.408 e. The second-order valence-electron chi connectivity index (χ2n) is 6.44. The average Bonchev–Trinajstić information content (AvgIpc) is 2.56. The van der Waals surface area contributed by atoms with E-state index in [9.17, 15) is 19.2 Å². The smallest absolute Gasteiger partial charge is 0.408 e. The maximum atomic E-state index is 12.3. The minimum absolute atomic E-state index is 0.00873. The predicted octanol–water partition coefficient (Wildman–Crippen LogP) is 1.76. The molecule has 1 aromatic carbocycles. The molecule has 1 rings (SSSR count). The first-order valence-electron chi connectivity index (χ1n) is 7.98. The molecular formula is C18H23NO7. The Morgan fingerprint density at radius 3 is 2.38 bits per heavy atom. The topological polar surface area (TPSA) is 108 Å². The van der Waals surface area contributed by atoms with Crippen LogP contribution in [0.25, 0.3) is 0 Å². The van der Waals surface area contributed by atoms with Crippen molar-refractivity contribution in [2.45, 2.75) is 45.4 Å². The van der Waals surface area contributed by atoms with Crippen molar-refractivity contribution in [1.29, 1.82) is 0 Å². The molecular weight excluding hydrogens is 342 g/mol. The Bertz CT molecular complexity index is 622. The lowest BCUT2D eigenvalue weighted by Gasteiger charge is -2.22. The fourth-order valence-electron chi connectivity index (χ4n) is 1.89. The molecule has 26 heavy (non-hydrogen) atoms. The zero-order valence-corrected chi connectivity index (χ0v) is 15.0. The van der Waals surface area contributed by atoms with E-state index in [4.69, 9.17) is 9.47 Å². The minimum atomic E-state index is -1.25. The number of amides is 1. The van der Waals surface area contributed by atoms with Gasteiger partial charge in [0, 0.05) is 6.42 Å². The van der Waals surface area contributed by atoms with E-state index in [1.165, 1.54) is 0 Å². The number of carbonyl (C=O) groups is 4. The third-order valence-corrected chi connectivity index (χ3v) is 2.94. The van der Waals surface area contributed by atoms with Crippen molar-refractivity contribution in [3.05, 3.63) is 35.9 Å². The van der Waals surface area contributed by atoms with Gasteiger partial charge in [-0.25, -0.2) is 9.59 Å². The Hall–Kier alpha value is -2.90. The van der Waals surface area contributed by atoms with Crippen LogP contribution in [0.5, 0.6) is 0 Å². The molecule has 0 saturated heterocycles. The van der Waals surface area contributed by atoms with Crippen LogP contribution in [-0.4, -0.2) is 42.6 Å². The summed E-state index contributed by atoms with van der Waals surface area (Å²) in [4.78, 5) is 46.1. The van der Waals surface area contributed by atoms with Crippen molar-refractivity contribution in [2.24, 2.45) is 0 Å². The second kappa shape index (κ2) is 10.2. The minimum Gasteiger partial charge on any atom is -0.460 e. The van der Waals surface area contributed by atoms with E-state index in [0.29, 0.717) is 0 Å². The molecule has 0 aliphatic rings. The van der Waals surface area contributed by atoms with E-state index in [2.05, 4.69) is 10.1 Å². The molecule has 8 heteroatoms. The van der Waals surface area contributed by atoms with E-state index in [-0.39, 0.29) is 19.5 Å². The highest BCUT2D eigenvalue weighted by Gasteiger charge is 2.28. The first kappa shape index (κ1) is 21.1. The van der Waals surface area contributed by atoms with Gasteiger partial charge in [0.15, 0.2) is 5.78 Å². The standard InChI is InChI=1S/C18H23NO7/c1-18(2,3)26-17(23)19-15(9-14(21)11-24-12-20)16(22)25-10-13-7-5-4-6-8-13/h4-8,12,15H,9-11H2,1-3H3,(H,19,23)/t15-/m0/s1. The molecule has 0 fully saturated rings. The molecule has 1 N–H and O–H groups in total. The molecule has 1 amide bonds. The van der Waals surface area contributed by atoms with Gasteiger partial charge in [-0.15, -0.1) is 0 Å². The summed E-state index contributed by atoms with van der Waals surface area (Å²) in [6, 6.07) is 7.69. The van der Waals surface area contributed by atoms with Crippen LogP contribution in [-0.2, 0) is 35.2 Å². The maximum absolute atomic E-state index is 12.3. The number of esters is 1. The Labute approximate surface area is 151 Å². The Morgan fingerprint density at radius 1 is 1.15 bits per heavy atom. The number of alkyl carbamates (subject to hydrolysis) is 1. The van der Waals surface area contributed by atoms with Crippen molar-refractivity contribution in [3.8, 4) is 0 Å². The number of hydrogen-bond acceptors (Lipinski definition) is 7. The highest BCUT2D eigenvalue weighted by atomic mass is 16.6. The predicted molar refractivity (Wildman–Crippen MR) is 91.0 cm³/mol. The van der Waals surface area contributed by atoms with Gasteiger partial charge in [0.05, 0.1) is 0 Å². The Kier molecular flexibility index (Phi) is 8.27. The molecule has 142 valence electrons. The largest absolute Gasteiger partial charge is 0.460 e. The summed E-state index contributed by atoms with van der Waals surface area (Å²) in [7, 11) is 0. The summed E-state index contributed by atoms with van der Waals surface area (Å²) in [5, 5.41) is 2.32. The summed E-state index contributed by atoms with van der Waals surface area (Å²) < 4.78 is 14.6. The van der Waals surface area contributed by atoms with Gasteiger partial charge >= 0.3 is 12.1 Å². The third-order valence-electron chi connectivity index (χ3n) is 2.94. The lowest BCUT2D eigenvalue weighted by molar-refractivity contribution is -0.149. The van der Waals surface area contributed by atoms with Crippen LogP contribution >= 0.6 is 0 Å². The van der Waals surface area contributed by atoms with Crippen LogP contribution in [0.1, 0.15) is 32.8 Å². The van der Waals surface area contributed by atoms with Crippen LogP contribution < -0.4 is 5.32 Å². The molecule has 0 aliphatic heterocycles.